The Hall–Kier alpha value is -2.22. The zero-order valence-corrected chi connectivity index (χ0v) is 11.3. The summed E-state index contributed by atoms with van der Waals surface area (Å²) < 4.78 is 0. The molecule has 0 aliphatic carbocycles. The van der Waals surface area contributed by atoms with Gasteiger partial charge < -0.3 is 10.4 Å². The maximum absolute atomic E-state index is 11.8. The zero-order valence-electron chi connectivity index (χ0n) is 10.5. The van der Waals surface area contributed by atoms with Crippen molar-refractivity contribution in [1.82, 2.24) is 10.3 Å². The van der Waals surface area contributed by atoms with Gasteiger partial charge >= 0.3 is 5.97 Å². The molecule has 0 saturated heterocycles. The van der Waals surface area contributed by atoms with E-state index in [0.29, 0.717) is 0 Å². The summed E-state index contributed by atoms with van der Waals surface area (Å²) in [5.74, 6) is -1.88. The summed E-state index contributed by atoms with van der Waals surface area (Å²) in [5, 5.41) is 21.5. The van der Waals surface area contributed by atoms with Crippen molar-refractivity contribution in [1.29, 1.82) is 0 Å². The van der Waals surface area contributed by atoms with Crippen LogP contribution in [0, 0.1) is 16.0 Å². The van der Waals surface area contributed by atoms with Crippen molar-refractivity contribution < 1.29 is 19.6 Å². The molecule has 108 valence electrons. The fourth-order valence-electron chi connectivity index (χ4n) is 1.43. The average molecular weight is 302 g/mol. The van der Waals surface area contributed by atoms with Crippen LogP contribution >= 0.6 is 11.6 Å². The van der Waals surface area contributed by atoms with Crippen molar-refractivity contribution in [3.8, 4) is 0 Å². The molecule has 0 radical (unpaired) electrons. The summed E-state index contributed by atoms with van der Waals surface area (Å²) in [6.45, 7) is 1.77. The van der Waals surface area contributed by atoms with Gasteiger partial charge in [-0.15, -0.1) is 0 Å². The molecule has 0 fully saturated rings. The number of nitro groups is 1. The number of carboxylic acids is 1. The Bertz CT molecular complexity index is 549. The van der Waals surface area contributed by atoms with Gasteiger partial charge in [0.1, 0.15) is 11.3 Å². The van der Waals surface area contributed by atoms with Gasteiger partial charge in [-0.3, -0.25) is 19.7 Å². The highest BCUT2D eigenvalue weighted by atomic mass is 35.5. The van der Waals surface area contributed by atoms with E-state index in [-0.39, 0.29) is 35.3 Å². The van der Waals surface area contributed by atoms with Crippen molar-refractivity contribution >= 4 is 29.2 Å². The minimum absolute atomic E-state index is 0.0960. The maximum Gasteiger partial charge on any atom is 0.303 e. The summed E-state index contributed by atoms with van der Waals surface area (Å²) in [6.07, 6.45) is 0.855. The smallest absolute Gasteiger partial charge is 0.303 e. The number of carbonyl (C=O) groups is 2. The molecule has 8 nitrogen and oxygen atoms in total. The molecule has 1 aromatic rings. The van der Waals surface area contributed by atoms with Gasteiger partial charge in [0.2, 0.25) is 0 Å². The number of aliphatic carboxylic acids is 1. The number of carbonyl (C=O) groups excluding carboxylic acids is 1. The molecule has 1 amide bonds. The number of amides is 1. The summed E-state index contributed by atoms with van der Waals surface area (Å²) in [4.78, 5) is 35.8. The van der Waals surface area contributed by atoms with Crippen LogP contribution in [0.3, 0.4) is 0 Å². The van der Waals surface area contributed by atoms with E-state index >= 15 is 0 Å². The number of rotatable bonds is 6. The van der Waals surface area contributed by atoms with Crippen LogP contribution < -0.4 is 5.32 Å². The first-order valence-corrected chi connectivity index (χ1v) is 5.99. The third-order valence-electron chi connectivity index (χ3n) is 2.41. The standard InChI is InChI=1S/C11H12ClN3O5/c1-6(2-9(16)17)4-14-11(18)8-3-7(15(19)20)5-13-10(8)12/h3,5-6H,2,4H2,1H3,(H,14,18)(H,16,17). The number of halogens is 1. The monoisotopic (exact) mass is 301 g/mol. The van der Waals surface area contributed by atoms with Gasteiger partial charge in [0, 0.05) is 19.0 Å². The normalized spacial score (nSPS) is 11.7. The first-order chi connectivity index (χ1) is 9.31. The average Bonchev–Trinajstić information content (AvgIpc) is 2.35. The first kappa shape index (κ1) is 15.8. The Morgan fingerprint density at radius 3 is 2.80 bits per heavy atom. The molecule has 2 N–H and O–H groups in total. The van der Waals surface area contributed by atoms with Gasteiger partial charge in [0.25, 0.3) is 11.6 Å². The quantitative estimate of drug-likeness (QED) is 0.466. The van der Waals surface area contributed by atoms with Gasteiger partial charge in [0.05, 0.1) is 10.5 Å². The van der Waals surface area contributed by atoms with Crippen molar-refractivity contribution in [3.63, 3.8) is 0 Å². The lowest BCUT2D eigenvalue weighted by Crippen LogP contribution is -2.29. The van der Waals surface area contributed by atoms with Gasteiger partial charge in [-0.05, 0) is 5.92 Å². The molecule has 0 aliphatic heterocycles. The molecule has 9 heteroatoms. The van der Waals surface area contributed by atoms with E-state index in [1.807, 2.05) is 0 Å². The second-order valence-corrected chi connectivity index (χ2v) is 4.56. The lowest BCUT2D eigenvalue weighted by Gasteiger charge is -2.10. The minimum atomic E-state index is -0.971. The Kier molecular flexibility index (Phi) is 5.39. The van der Waals surface area contributed by atoms with Crippen molar-refractivity contribution in [2.45, 2.75) is 13.3 Å². The van der Waals surface area contributed by atoms with Gasteiger partial charge in [-0.1, -0.05) is 18.5 Å². The van der Waals surface area contributed by atoms with Crippen molar-refractivity contribution in [3.05, 3.63) is 33.1 Å². The van der Waals surface area contributed by atoms with Crippen molar-refractivity contribution in [2.75, 3.05) is 6.54 Å². The van der Waals surface area contributed by atoms with E-state index in [9.17, 15) is 19.7 Å². The van der Waals surface area contributed by atoms with Crippen LogP contribution in [-0.2, 0) is 4.79 Å². The molecule has 0 spiro atoms. The van der Waals surface area contributed by atoms with E-state index in [2.05, 4.69) is 10.3 Å². The van der Waals surface area contributed by atoms with E-state index in [1.165, 1.54) is 0 Å². The van der Waals surface area contributed by atoms with Crippen LogP contribution in [-0.4, -0.2) is 33.4 Å². The molecule has 1 rings (SSSR count). The second-order valence-electron chi connectivity index (χ2n) is 4.20. The molecule has 20 heavy (non-hydrogen) atoms. The van der Waals surface area contributed by atoms with E-state index < -0.39 is 16.8 Å². The molecule has 1 aromatic heterocycles. The van der Waals surface area contributed by atoms with Crippen molar-refractivity contribution in [2.24, 2.45) is 5.92 Å². The zero-order chi connectivity index (χ0) is 15.3. The third kappa shape index (κ3) is 4.47. The summed E-state index contributed by atoms with van der Waals surface area (Å²) in [6, 6.07) is 1.02. The fourth-order valence-corrected chi connectivity index (χ4v) is 1.62. The number of nitrogens with zero attached hydrogens (tertiary/aromatic N) is 2. The van der Waals surface area contributed by atoms with Gasteiger partial charge in [-0.25, -0.2) is 4.98 Å². The summed E-state index contributed by atoms with van der Waals surface area (Å²) >= 11 is 5.71. The highest BCUT2D eigenvalue weighted by Gasteiger charge is 2.18. The number of hydrogen-bond donors (Lipinski definition) is 2. The number of hydrogen-bond acceptors (Lipinski definition) is 5. The molecule has 1 atom stereocenters. The van der Waals surface area contributed by atoms with E-state index in [1.54, 1.807) is 6.92 Å². The first-order valence-electron chi connectivity index (χ1n) is 5.61. The topological polar surface area (TPSA) is 122 Å². The molecular formula is C11H12ClN3O5. The van der Waals surface area contributed by atoms with Gasteiger partial charge in [-0.2, -0.15) is 0 Å². The van der Waals surface area contributed by atoms with Crippen LogP contribution in [0.5, 0.6) is 0 Å². The van der Waals surface area contributed by atoms with E-state index in [0.717, 1.165) is 12.3 Å². The highest BCUT2D eigenvalue weighted by molar-refractivity contribution is 6.32. The molecule has 0 aromatic carbocycles. The molecule has 0 aliphatic rings. The van der Waals surface area contributed by atoms with Crippen LogP contribution in [0.1, 0.15) is 23.7 Å². The van der Waals surface area contributed by atoms with E-state index in [4.69, 9.17) is 16.7 Å². The predicted molar refractivity (Wildman–Crippen MR) is 69.7 cm³/mol. The SMILES string of the molecule is CC(CNC(=O)c1cc([N+](=O)[O-])cnc1Cl)CC(=O)O. The summed E-state index contributed by atoms with van der Waals surface area (Å²) in [5.41, 5.74) is -0.471. The van der Waals surface area contributed by atoms with Crippen LogP contribution in [0.25, 0.3) is 0 Å². The van der Waals surface area contributed by atoms with Crippen LogP contribution in [0.15, 0.2) is 12.3 Å². The number of aromatic nitrogens is 1. The molecular weight excluding hydrogens is 290 g/mol. The lowest BCUT2D eigenvalue weighted by atomic mass is 10.1. The molecule has 0 saturated carbocycles. The maximum atomic E-state index is 11.8. The highest BCUT2D eigenvalue weighted by Crippen LogP contribution is 2.19. The minimum Gasteiger partial charge on any atom is -0.481 e. The van der Waals surface area contributed by atoms with Gasteiger partial charge in [0.15, 0.2) is 0 Å². The molecule has 1 unspecified atom stereocenters. The Morgan fingerprint density at radius 2 is 2.25 bits per heavy atom. The van der Waals surface area contributed by atoms with Crippen LogP contribution in [0.4, 0.5) is 5.69 Å². The predicted octanol–water partition coefficient (Wildman–Crippen LogP) is 1.48. The largest absolute Gasteiger partial charge is 0.481 e. The Labute approximate surface area is 118 Å². The number of pyridine rings is 1. The Balaban J connectivity index is 2.74. The number of carboxylic acid groups (broad SMARTS) is 1. The Morgan fingerprint density at radius 1 is 1.60 bits per heavy atom. The second kappa shape index (κ2) is 6.80. The fraction of sp³-hybridized carbons (Fsp3) is 0.364. The molecule has 0 bridgehead atoms. The molecule has 1 heterocycles. The van der Waals surface area contributed by atoms with Crippen LogP contribution in [0.2, 0.25) is 5.15 Å². The number of nitrogens with one attached hydrogen (secondary N) is 1. The third-order valence-corrected chi connectivity index (χ3v) is 2.72. The lowest BCUT2D eigenvalue weighted by molar-refractivity contribution is -0.385. The summed E-state index contributed by atoms with van der Waals surface area (Å²) in [7, 11) is 0.